The predicted molar refractivity (Wildman–Crippen MR) is 99.6 cm³/mol. The second-order valence-electron chi connectivity index (χ2n) is 7.04. The number of nitrogens with one attached hydrogen (secondary N) is 1. The molecule has 126 valence electrons. The largest absolute Gasteiger partial charge is 0.345 e. The molecule has 1 saturated carbocycles. The van der Waals surface area contributed by atoms with Crippen LogP contribution in [0.15, 0.2) is 42.5 Å². The van der Waals surface area contributed by atoms with Gasteiger partial charge in [0.2, 0.25) is 0 Å². The molecule has 2 aromatic carbocycles. The molecule has 2 aromatic rings. The van der Waals surface area contributed by atoms with E-state index in [9.17, 15) is 4.79 Å². The molecule has 1 atom stereocenters. The third kappa shape index (κ3) is 3.21. The Bertz CT molecular complexity index is 744. The van der Waals surface area contributed by atoms with Crippen LogP contribution in [0.2, 0.25) is 5.02 Å². The Morgan fingerprint density at radius 2 is 1.92 bits per heavy atom. The number of rotatable bonds is 5. The van der Waals surface area contributed by atoms with Crippen LogP contribution in [0.25, 0.3) is 0 Å². The lowest BCUT2D eigenvalue weighted by molar-refractivity contribution is 0.0918. The van der Waals surface area contributed by atoms with Crippen molar-refractivity contribution in [1.82, 2.24) is 5.32 Å². The Balaban J connectivity index is 1.96. The van der Waals surface area contributed by atoms with E-state index >= 15 is 0 Å². The zero-order valence-electron chi connectivity index (χ0n) is 14.5. The summed E-state index contributed by atoms with van der Waals surface area (Å²) in [6.07, 6.45) is 3.23. The Morgan fingerprint density at radius 1 is 1.21 bits per heavy atom. The normalized spacial score (nSPS) is 16.5. The van der Waals surface area contributed by atoms with Crippen molar-refractivity contribution in [2.45, 2.75) is 46.1 Å². The summed E-state index contributed by atoms with van der Waals surface area (Å²) in [5, 5.41) is 3.80. The number of carbonyl (C=O) groups is 1. The highest BCUT2D eigenvalue weighted by molar-refractivity contribution is 6.34. The SMILES string of the molecule is CCc1ccccc1C(NC(=O)c1c(C)cccc1Cl)C1(C)CC1. The van der Waals surface area contributed by atoms with Gasteiger partial charge in [0.1, 0.15) is 0 Å². The summed E-state index contributed by atoms with van der Waals surface area (Å²) in [5.74, 6) is -0.0814. The van der Waals surface area contributed by atoms with E-state index in [0.717, 1.165) is 24.8 Å². The van der Waals surface area contributed by atoms with Gasteiger partial charge in [0, 0.05) is 0 Å². The Labute approximate surface area is 149 Å². The number of carbonyl (C=O) groups excluding carboxylic acids is 1. The second kappa shape index (κ2) is 6.60. The van der Waals surface area contributed by atoms with Gasteiger partial charge in [-0.1, -0.05) is 61.8 Å². The minimum Gasteiger partial charge on any atom is -0.345 e. The predicted octanol–water partition coefficient (Wildman–Crippen LogP) is 5.48. The molecular weight excluding hydrogens is 318 g/mol. The maximum absolute atomic E-state index is 12.9. The number of benzene rings is 2. The van der Waals surface area contributed by atoms with Crippen LogP contribution in [0.5, 0.6) is 0 Å². The quantitative estimate of drug-likeness (QED) is 0.766. The molecule has 0 heterocycles. The maximum atomic E-state index is 12.9. The summed E-state index contributed by atoms with van der Waals surface area (Å²) in [4.78, 5) is 12.9. The number of aryl methyl sites for hydroxylation is 2. The van der Waals surface area contributed by atoms with Gasteiger partial charge in [0.15, 0.2) is 0 Å². The lowest BCUT2D eigenvalue weighted by atomic mass is 9.87. The summed E-state index contributed by atoms with van der Waals surface area (Å²) in [6, 6.07) is 14.0. The molecule has 1 N–H and O–H groups in total. The Kier molecular flexibility index (Phi) is 4.69. The molecule has 0 spiro atoms. The molecule has 0 saturated heterocycles. The number of hydrogen-bond acceptors (Lipinski definition) is 1. The molecule has 3 rings (SSSR count). The standard InChI is InChI=1S/C21H24ClNO/c1-4-15-9-5-6-10-16(15)19(21(3)12-13-21)23-20(24)18-14(2)8-7-11-17(18)22/h5-11,19H,4,12-13H2,1-3H3,(H,23,24). The van der Waals surface area contributed by atoms with Gasteiger partial charge in [0.05, 0.1) is 16.6 Å². The smallest absolute Gasteiger partial charge is 0.253 e. The molecule has 1 amide bonds. The topological polar surface area (TPSA) is 29.1 Å². The van der Waals surface area contributed by atoms with Crippen LogP contribution in [-0.4, -0.2) is 5.91 Å². The molecule has 0 radical (unpaired) electrons. The van der Waals surface area contributed by atoms with E-state index in [0.29, 0.717) is 10.6 Å². The van der Waals surface area contributed by atoms with Crippen LogP contribution in [0, 0.1) is 12.3 Å². The monoisotopic (exact) mass is 341 g/mol. The fraction of sp³-hybridized carbons (Fsp3) is 0.381. The van der Waals surface area contributed by atoms with E-state index in [1.54, 1.807) is 6.07 Å². The Hall–Kier alpha value is -1.80. The van der Waals surface area contributed by atoms with Crippen LogP contribution in [0.1, 0.15) is 59.8 Å². The van der Waals surface area contributed by atoms with Gasteiger partial charge in [-0.3, -0.25) is 4.79 Å². The molecule has 0 aromatic heterocycles. The summed E-state index contributed by atoms with van der Waals surface area (Å²) in [6.45, 7) is 6.34. The first kappa shape index (κ1) is 17.0. The summed E-state index contributed by atoms with van der Waals surface area (Å²) < 4.78 is 0. The van der Waals surface area contributed by atoms with Crippen molar-refractivity contribution < 1.29 is 4.79 Å². The third-order valence-corrected chi connectivity index (χ3v) is 5.52. The minimum absolute atomic E-state index is 0.0248. The van der Waals surface area contributed by atoms with Crippen molar-refractivity contribution in [2.24, 2.45) is 5.41 Å². The molecule has 1 aliphatic rings. The summed E-state index contributed by atoms with van der Waals surface area (Å²) in [5.41, 5.74) is 4.16. The highest BCUT2D eigenvalue weighted by Crippen LogP contribution is 2.55. The Morgan fingerprint density at radius 3 is 2.54 bits per heavy atom. The van der Waals surface area contributed by atoms with Gasteiger partial charge in [-0.15, -0.1) is 0 Å². The van der Waals surface area contributed by atoms with Crippen LogP contribution in [0.4, 0.5) is 0 Å². The zero-order chi connectivity index (χ0) is 17.3. The van der Waals surface area contributed by atoms with Crippen LogP contribution in [0.3, 0.4) is 0 Å². The zero-order valence-corrected chi connectivity index (χ0v) is 15.3. The first-order valence-electron chi connectivity index (χ1n) is 8.60. The third-order valence-electron chi connectivity index (χ3n) is 5.21. The van der Waals surface area contributed by atoms with Gasteiger partial charge in [-0.05, 0) is 54.4 Å². The van der Waals surface area contributed by atoms with Gasteiger partial charge < -0.3 is 5.32 Å². The summed E-state index contributed by atoms with van der Waals surface area (Å²) >= 11 is 6.28. The van der Waals surface area contributed by atoms with Gasteiger partial charge in [-0.2, -0.15) is 0 Å². The lowest BCUT2D eigenvalue weighted by Crippen LogP contribution is -2.34. The van der Waals surface area contributed by atoms with Gasteiger partial charge in [0.25, 0.3) is 5.91 Å². The second-order valence-corrected chi connectivity index (χ2v) is 7.45. The highest BCUT2D eigenvalue weighted by Gasteiger charge is 2.46. The van der Waals surface area contributed by atoms with Crippen molar-refractivity contribution in [1.29, 1.82) is 0 Å². The number of amides is 1. The first-order chi connectivity index (χ1) is 11.5. The van der Waals surface area contributed by atoms with Gasteiger partial charge >= 0.3 is 0 Å². The van der Waals surface area contributed by atoms with Crippen LogP contribution in [-0.2, 0) is 6.42 Å². The minimum atomic E-state index is -0.0814. The molecule has 1 fully saturated rings. The molecule has 1 unspecified atom stereocenters. The van der Waals surface area contributed by atoms with Crippen molar-refractivity contribution in [3.8, 4) is 0 Å². The molecular formula is C21H24ClNO. The summed E-state index contributed by atoms with van der Waals surface area (Å²) in [7, 11) is 0. The first-order valence-corrected chi connectivity index (χ1v) is 8.98. The van der Waals surface area contributed by atoms with E-state index in [1.165, 1.54) is 11.1 Å². The highest BCUT2D eigenvalue weighted by atomic mass is 35.5. The molecule has 3 heteroatoms. The molecule has 24 heavy (non-hydrogen) atoms. The molecule has 0 bridgehead atoms. The van der Waals surface area contributed by atoms with E-state index in [1.807, 2.05) is 19.1 Å². The van der Waals surface area contributed by atoms with Crippen molar-refractivity contribution in [3.63, 3.8) is 0 Å². The van der Waals surface area contributed by atoms with E-state index < -0.39 is 0 Å². The fourth-order valence-electron chi connectivity index (χ4n) is 3.37. The van der Waals surface area contributed by atoms with Gasteiger partial charge in [-0.25, -0.2) is 0 Å². The molecule has 0 aliphatic heterocycles. The average Bonchev–Trinajstić information content (AvgIpc) is 3.31. The molecule has 2 nitrogen and oxygen atoms in total. The van der Waals surface area contributed by atoms with Crippen molar-refractivity contribution >= 4 is 17.5 Å². The van der Waals surface area contributed by atoms with E-state index in [4.69, 9.17) is 11.6 Å². The van der Waals surface area contributed by atoms with E-state index in [2.05, 4.69) is 43.4 Å². The maximum Gasteiger partial charge on any atom is 0.253 e. The lowest BCUT2D eigenvalue weighted by Gasteiger charge is -2.28. The fourth-order valence-corrected chi connectivity index (χ4v) is 3.68. The number of hydrogen-bond donors (Lipinski definition) is 1. The average molecular weight is 342 g/mol. The van der Waals surface area contributed by atoms with Crippen molar-refractivity contribution in [2.75, 3.05) is 0 Å². The van der Waals surface area contributed by atoms with Crippen LogP contribution < -0.4 is 5.32 Å². The van der Waals surface area contributed by atoms with E-state index in [-0.39, 0.29) is 17.4 Å². The number of halogens is 1. The van der Waals surface area contributed by atoms with Crippen molar-refractivity contribution in [3.05, 3.63) is 69.7 Å². The molecule has 1 aliphatic carbocycles. The van der Waals surface area contributed by atoms with Crippen LogP contribution >= 0.6 is 11.6 Å².